The van der Waals surface area contributed by atoms with Gasteiger partial charge in [0.1, 0.15) is 5.75 Å². The van der Waals surface area contributed by atoms with Crippen LogP contribution in [0.15, 0.2) is 42.6 Å². The Morgan fingerprint density at radius 1 is 1.25 bits per heavy atom. The maximum Gasteiger partial charge on any atom is 0.220 e. The quantitative estimate of drug-likeness (QED) is 0.570. The number of hydrogen-bond acceptors (Lipinski definition) is 4. The lowest BCUT2D eigenvalue weighted by Crippen LogP contribution is -2.33. The zero-order chi connectivity index (χ0) is 20.1. The van der Waals surface area contributed by atoms with Crippen LogP contribution in [-0.2, 0) is 4.79 Å². The topological polar surface area (TPSA) is 68.5 Å². The van der Waals surface area contributed by atoms with Gasteiger partial charge in [-0.15, -0.1) is 10.2 Å². The molecule has 1 atom stereocenters. The summed E-state index contributed by atoms with van der Waals surface area (Å²) in [7, 11) is 0. The van der Waals surface area contributed by atoms with E-state index in [0.717, 1.165) is 22.8 Å². The molecule has 0 unspecified atom stereocenters. The van der Waals surface area contributed by atoms with E-state index in [1.165, 1.54) is 0 Å². The maximum absolute atomic E-state index is 12.5. The molecule has 0 saturated heterocycles. The van der Waals surface area contributed by atoms with Crippen LogP contribution >= 0.6 is 11.6 Å². The van der Waals surface area contributed by atoms with E-state index in [-0.39, 0.29) is 17.9 Å². The predicted molar refractivity (Wildman–Crippen MR) is 110 cm³/mol. The van der Waals surface area contributed by atoms with Gasteiger partial charge in [-0.05, 0) is 55.2 Å². The molecule has 6 nitrogen and oxygen atoms in total. The first-order valence-electron chi connectivity index (χ1n) is 9.43. The molecule has 0 spiro atoms. The van der Waals surface area contributed by atoms with Gasteiger partial charge in [-0.3, -0.25) is 9.20 Å². The minimum Gasteiger partial charge on any atom is -0.494 e. The summed E-state index contributed by atoms with van der Waals surface area (Å²) in [6.45, 7) is 6.51. The molecule has 1 amide bonds. The first-order chi connectivity index (χ1) is 13.5. The highest BCUT2D eigenvalue weighted by Crippen LogP contribution is 2.22. The molecule has 3 rings (SSSR count). The van der Waals surface area contributed by atoms with Crippen molar-refractivity contribution in [1.29, 1.82) is 0 Å². The molecule has 1 aromatic carbocycles. The van der Waals surface area contributed by atoms with Gasteiger partial charge >= 0.3 is 0 Å². The van der Waals surface area contributed by atoms with Crippen molar-refractivity contribution in [1.82, 2.24) is 19.9 Å². The van der Waals surface area contributed by atoms with E-state index in [2.05, 4.69) is 29.4 Å². The van der Waals surface area contributed by atoms with Gasteiger partial charge in [0, 0.05) is 17.6 Å². The molecule has 2 heterocycles. The highest BCUT2D eigenvalue weighted by atomic mass is 35.5. The summed E-state index contributed by atoms with van der Waals surface area (Å²) in [6, 6.07) is 11.1. The Bertz CT molecular complexity index is 954. The normalized spacial score (nSPS) is 12.3. The van der Waals surface area contributed by atoms with E-state index in [0.29, 0.717) is 24.5 Å². The summed E-state index contributed by atoms with van der Waals surface area (Å²) in [4.78, 5) is 12.5. The number of halogens is 1. The number of benzene rings is 1. The fourth-order valence-electron chi connectivity index (χ4n) is 2.98. The number of aromatic nitrogens is 3. The number of fused-ring (bicyclic) bond motifs is 1. The maximum atomic E-state index is 12.5. The summed E-state index contributed by atoms with van der Waals surface area (Å²) in [5, 5.41) is 12.3. The smallest absolute Gasteiger partial charge is 0.220 e. The van der Waals surface area contributed by atoms with Gasteiger partial charge in [0.25, 0.3) is 0 Å². The first-order valence-corrected chi connectivity index (χ1v) is 9.81. The minimum absolute atomic E-state index is 0.0257. The lowest BCUT2D eigenvalue weighted by Gasteiger charge is -2.21. The Hall–Kier alpha value is -2.60. The Labute approximate surface area is 169 Å². The van der Waals surface area contributed by atoms with Crippen molar-refractivity contribution in [2.24, 2.45) is 5.92 Å². The van der Waals surface area contributed by atoms with Crippen molar-refractivity contribution in [3.63, 3.8) is 0 Å². The average Bonchev–Trinajstić information content (AvgIpc) is 3.09. The van der Waals surface area contributed by atoms with Gasteiger partial charge < -0.3 is 10.1 Å². The molecule has 1 N–H and O–H groups in total. The van der Waals surface area contributed by atoms with Crippen LogP contribution < -0.4 is 10.1 Å². The molecule has 28 heavy (non-hydrogen) atoms. The van der Waals surface area contributed by atoms with Crippen LogP contribution in [0.3, 0.4) is 0 Å². The van der Waals surface area contributed by atoms with Gasteiger partial charge in [0.15, 0.2) is 11.5 Å². The average molecular weight is 401 g/mol. The number of nitrogens with zero attached hydrogens (tertiary/aromatic N) is 3. The van der Waals surface area contributed by atoms with E-state index < -0.39 is 0 Å². The second-order valence-corrected chi connectivity index (χ2v) is 7.55. The molecule has 0 saturated carbocycles. The molecule has 148 valence electrons. The molecular formula is C21H25ClN4O2. The minimum atomic E-state index is -0.204. The SMILES string of the molecule is Cc1cc(OCCCC(=O)N[C@H](c2nnc3ccccn23)C(C)C)ccc1Cl. The summed E-state index contributed by atoms with van der Waals surface area (Å²) in [6.07, 6.45) is 2.92. The molecule has 0 aliphatic carbocycles. The van der Waals surface area contributed by atoms with Gasteiger partial charge in [-0.1, -0.05) is 31.5 Å². The third-order valence-corrected chi connectivity index (χ3v) is 4.97. The van der Waals surface area contributed by atoms with Gasteiger partial charge in [-0.25, -0.2) is 0 Å². The lowest BCUT2D eigenvalue weighted by molar-refractivity contribution is -0.122. The van der Waals surface area contributed by atoms with Crippen LogP contribution in [0.5, 0.6) is 5.75 Å². The lowest BCUT2D eigenvalue weighted by atomic mass is 10.0. The number of amides is 1. The zero-order valence-corrected chi connectivity index (χ0v) is 17.1. The van der Waals surface area contributed by atoms with E-state index in [1.807, 2.05) is 53.9 Å². The van der Waals surface area contributed by atoms with Gasteiger partial charge in [0.05, 0.1) is 12.6 Å². The number of hydrogen-bond donors (Lipinski definition) is 1. The number of aryl methyl sites for hydroxylation is 1. The largest absolute Gasteiger partial charge is 0.494 e. The first kappa shape index (κ1) is 20.1. The van der Waals surface area contributed by atoms with Crippen molar-refractivity contribution in [2.45, 2.75) is 39.7 Å². The standard InChI is InChI=1S/C21H25ClN4O2/c1-14(2)20(21-25-24-18-7-4-5-11-26(18)21)23-19(27)8-6-12-28-16-9-10-17(22)15(3)13-16/h4-5,7,9-11,13-14,20H,6,8,12H2,1-3H3,(H,23,27)/t20-/m0/s1. The molecule has 0 aliphatic rings. The molecule has 3 aromatic rings. The van der Waals surface area contributed by atoms with Crippen LogP contribution in [0.4, 0.5) is 0 Å². The van der Waals surface area contributed by atoms with Crippen molar-refractivity contribution in [3.05, 3.63) is 59.0 Å². The number of pyridine rings is 1. The summed E-state index contributed by atoms with van der Waals surface area (Å²) in [5.41, 5.74) is 1.74. The Morgan fingerprint density at radius 2 is 2.07 bits per heavy atom. The fourth-order valence-corrected chi connectivity index (χ4v) is 3.09. The summed E-state index contributed by atoms with van der Waals surface area (Å²) in [5.74, 6) is 1.66. The van der Waals surface area contributed by atoms with E-state index in [4.69, 9.17) is 16.3 Å². The van der Waals surface area contributed by atoms with Crippen molar-refractivity contribution >= 4 is 23.2 Å². The third-order valence-electron chi connectivity index (χ3n) is 4.55. The third kappa shape index (κ3) is 4.81. The number of nitrogens with one attached hydrogen (secondary N) is 1. The van der Waals surface area contributed by atoms with Crippen LogP contribution in [0.25, 0.3) is 5.65 Å². The summed E-state index contributed by atoms with van der Waals surface area (Å²) >= 11 is 6.02. The Kier molecular flexibility index (Phi) is 6.52. The van der Waals surface area contributed by atoms with Crippen molar-refractivity contribution in [3.8, 4) is 5.75 Å². The van der Waals surface area contributed by atoms with Crippen LogP contribution in [0, 0.1) is 12.8 Å². The van der Waals surface area contributed by atoms with Crippen LogP contribution in [0.1, 0.15) is 44.1 Å². The van der Waals surface area contributed by atoms with E-state index >= 15 is 0 Å². The number of rotatable bonds is 8. The summed E-state index contributed by atoms with van der Waals surface area (Å²) < 4.78 is 7.62. The predicted octanol–water partition coefficient (Wildman–Crippen LogP) is 4.36. The van der Waals surface area contributed by atoms with Crippen LogP contribution in [-0.4, -0.2) is 27.1 Å². The number of ether oxygens (including phenoxy) is 1. The fraction of sp³-hybridized carbons (Fsp3) is 0.381. The van der Waals surface area contributed by atoms with Gasteiger partial charge in [0.2, 0.25) is 5.91 Å². The second kappa shape index (κ2) is 9.06. The molecule has 0 fully saturated rings. The molecule has 0 radical (unpaired) electrons. The molecule has 2 aromatic heterocycles. The Morgan fingerprint density at radius 3 is 2.82 bits per heavy atom. The zero-order valence-electron chi connectivity index (χ0n) is 16.4. The Balaban J connectivity index is 1.54. The number of carbonyl (C=O) groups excluding carboxylic acids is 1. The second-order valence-electron chi connectivity index (χ2n) is 7.14. The molecule has 7 heteroatoms. The van der Waals surface area contributed by atoms with Crippen LogP contribution in [0.2, 0.25) is 5.02 Å². The van der Waals surface area contributed by atoms with E-state index in [9.17, 15) is 4.79 Å². The number of carbonyl (C=O) groups is 1. The van der Waals surface area contributed by atoms with Crippen molar-refractivity contribution in [2.75, 3.05) is 6.61 Å². The monoisotopic (exact) mass is 400 g/mol. The highest BCUT2D eigenvalue weighted by Gasteiger charge is 2.23. The molecule has 0 aliphatic heterocycles. The molecule has 0 bridgehead atoms. The highest BCUT2D eigenvalue weighted by molar-refractivity contribution is 6.31. The molecular weight excluding hydrogens is 376 g/mol. The van der Waals surface area contributed by atoms with Gasteiger partial charge in [-0.2, -0.15) is 0 Å². The van der Waals surface area contributed by atoms with Crippen molar-refractivity contribution < 1.29 is 9.53 Å². The van der Waals surface area contributed by atoms with E-state index in [1.54, 1.807) is 0 Å².